The van der Waals surface area contributed by atoms with Gasteiger partial charge in [0.2, 0.25) is 0 Å². The Morgan fingerprint density at radius 3 is 2.43 bits per heavy atom. The van der Waals surface area contributed by atoms with E-state index in [2.05, 4.69) is 15.0 Å². The fraction of sp³-hybridized carbons (Fsp3) is 0.353. The van der Waals surface area contributed by atoms with E-state index in [0.29, 0.717) is 22.5 Å². The van der Waals surface area contributed by atoms with Crippen LogP contribution in [-0.4, -0.2) is 95.2 Å². The molecule has 5 heterocycles. The number of anilines is 1. The summed E-state index contributed by atoms with van der Waals surface area (Å²) in [6.45, 7) is -4.26. The number of nitrogen functional groups attached to an aromatic ring is 1. The maximum atomic E-state index is 16.1. The molecule has 0 spiro atoms. The summed E-state index contributed by atoms with van der Waals surface area (Å²) < 4.78 is 76.4. The lowest BCUT2D eigenvalue weighted by molar-refractivity contribution is -0.0518. The van der Waals surface area contributed by atoms with Crippen LogP contribution in [0.5, 0.6) is 5.75 Å². The van der Waals surface area contributed by atoms with Crippen LogP contribution in [0.2, 0.25) is 0 Å². The van der Waals surface area contributed by atoms with Gasteiger partial charge in [-0.05, 0) is 48.1 Å². The van der Waals surface area contributed by atoms with Gasteiger partial charge in [-0.3, -0.25) is 28.0 Å². The van der Waals surface area contributed by atoms with Crippen molar-refractivity contribution in [3.05, 3.63) is 111 Å². The number of carbonyl (C=O) groups is 1. The lowest BCUT2D eigenvalue weighted by atomic mass is 10.1. The summed E-state index contributed by atoms with van der Waals surface area (Å²) in [7, 11) is 0. The molecule has 2 aliphatic rings. The van der Waals surface area contributed by atoms with Gasteiger partial charge >= 0.3 is 18.5 Å². The highest BCUT2D eigenvalue weighted by Crippen LogP contribution is 2.64. The minimum Gasteiger partial charge on any atom is -0.423 e. The molecule has 2 aliphatic heterocycles. The normalized spacial score (nSPS) is 26.0. The summed E-state index contributed by atoms with van der Waals surface area (Å²) >= 11 is 0.592. The predicted octanol–water partition coefficient (Wildman–Crippen LogP) is 2.75. The van der Waals surface area contributed by atoms with Crippen LogP contribution in [0.1, 0.15) is 33.9 Å². The minimum atomic E-state index is -4.58. The Hall–Kier alpha value is -4.86. The van der Waals surface area contributed by atoms with E-state index in [0.717, 1.165) is 28.7 Å². The molecule has 7 rings (SSSR count). The van der Waals surface area contributed by atoms with E-state index in [1.165, 1.54) is 23.0 Å². The standard InChI is InChI=1S/C34H34F2N7O11PS/c1-17-2-6-19(7-3-17)33(47)51-20-8-4-18(5-9-20)14-56-55(49,54-28-21(12-44)52-32(25(28)36)42-11-10-23(45)41-34(42)48)50-13-22-27(46)24(35)31(53-22)43-16-40-26-29(37)38-15-39-30(26)43/h2-11,15-16,21-22,24-25,27-28,31-32,44,46H,12-14H2,1H3,(H2,37,38,39)(H,41,45,48)/t21-,22-,24+,25+,27?,28?,31-,32-,55?/m1/s1. The number of nitrogens with zero attached hydrogens (tertiary/aromatic N) is 5. The molecule has 2 fully saturated rings. The van der Waals surface area contributed by atoms with E-state index in [-0.39, 0.29) is 28.5 Å². The van der Waals surface area contributed by atoms with Crippen LogP contribution in [0.15, 0.2) is 83.0 Å². The topological polar surface area (TPSA) is 245 Å². The van der Waals surface area contributed by atoms with Crippen molar-refractivity contribution in [2.45, 2.75) is 61.9 Å². The van der Waals surface area contributed by atoms with Crippen molar-refractivity contribution in [2.24, 2.45) is 0 Å². The summed E-state index contributed by atoms with van der Waals surface area (Å²) in [5.41, 5.74) is 6.24. The van der Waals surface area contributed by atoms with Crippen LogP contribution in [0, 0.1) is 6.92 Å². The molecule has 5 N–H and O–H groups in total. The Kier molecular flexibility index (Phi) is 11.5. The SMILES string of the molecule is Cc1ccc(C(=O)Oc2ccc(CSP(=O)(OC[C@H]3O[C@@H](n4cnc5c(N)ncnc54)[C@@H](F)C3O)OC3[C@@H](CO)O[C@@H](n4ccc(=O)[nH]c4=O)[C@H]3F)cc2)cc1. The molecule has 3 aromatic heterocycles. The van der Waals surface area contributed by atoms with Gasteiger partial charge in [-0.1, -0.05) is 29.8 Å². The highest BCUT2D eigenvalue weighted by atomic mass is 32.7. The number of imidazole rings is 1. The number of alkyl halides is 2. The average molecular weight is 818 g/mol. The monoisotopic (exact) mass is 817 g/mol. The van der Waals surface area contributed by atoms with E-state index < -0.39 is 86.4 Å². The number of benzene rings is 2. The first-order chi connectivity index (χ1) is 26.8. The van der Waals surface area contributed by atoms with Gasteiger partial charge in [0.1, 0.15) is 42.0 Å². The van der Waals surface area contributed by atoms with Gasteiger partial charge in [0.05, 0.1) is 25.1 Å². The molecule has 0 aliphatic carbocycles. The number of nitrogens with two attached hydrogens (primary N) is 1. The van der Waals surface area contributed by atoms with Crippen LogP contribution in [-0.2, 0) is 28.8 Å². The maximum absolute atomic E-state index is 16.1. The molecule has 0 saturated carbocycles. The Morgan fingerprint density at radius 2 is 1.71 bits per heavy atom. The van der Waals surface area contributed by atoms with Gasteiger partial charge < -0.3 is 30.2 Å². The Labute approximate surface area is 318 Å². The quantitative estimate of drug-likeness (QED) is 0.0758. The third-order valence-electron chi connectivity index (χ3n) is 8.99. The third-order valence-corrected chi connectivity index (χ3v) is 12.6. The van der Waals surface area contributed by atoms with Crippen molar-refractivity contribution in [2.75, 3.05) is 18.9 Å². The van der Waals surface area contributed by atoms with Crippen LogP contribution in [0.3, 0.4) is 0 Å². The number of aliphatic hydroxyl groups is 2. The van der Waals surface area contributed by atoms with Gasteiger partial charge in [0, 0.05) is 18.0 Å². The number of aliphatic hydroxyl groups excluding tert-OH is 2. The van der Waals surface area contributed by atoms with Crippen LogP contribution >= 0.6 is 18.2 Å². The van der Waals surface area contributed by atoms with E-state index in [9.17, 15) is 29.2 Å². The third kappa shape index (κ3) is 8.16. The molecule has 5 aromatic rings. The largest absolute Gasteiger partial charge is 0.423 e. The van der Waals surface area contributed by atoms with Crippen molar-refractivity contribution in [3.63, 3.8) is 0 Å². The summed E-state index contributed by atoms with van der Waals surface area (Å²) in [6.07, 6.45) is -10.6. The predicted molar refractivity (Wildman–Crippen MR) is 194 cm³/mol. The molecule has 9 atom stereocenters. The van der Waals surface area contributed by atoms with Crippen LogP contribution < -0.4 is 21.7 Å². The Balaban J connectivity index is 1.09. The number of aryl methyl sites for hydroxylation is 1. The fourth-order valence-corrected chi connectivity index (χ4v) is 9.40. The number of fused-ring (bicyclic) bond motifs is 1. The van der Waals surface area contributed by atoms with Gasteiger partial charge in [-0.25, -0.2) is 37.9 Å². The average Bonchev–Trinajstić information content (AvgIpc) is 3.84. The van der Waals surface area contributed by atoms with E-state index in [1.54, 1.807) is 36.4 Å². The molecule has 18 nitrogen and oxygen atoms in total. The number of hydrogen-bond acceptors (Lipinski definition) is 16. The smallest absolute Gasteiger partial charge is 0.389 e. The zero-order chi connectivity index (χ0) is 39.7. The summed E-state index contributed by atoms with van der Waals surface area (Å²) in [6, 6.07) is 13.9. The number of nitrogens with one attached hydrogen (secondary N) is 1. The first-order valence-electron chi connectivity index (χ1n) is 16.9. The fourth-order valence-electron chi connectivity index (χ4n) is 6.01. The molecule has 296 valence electrons. The number of H-pyrrole nitrogens is 1. The summed E-state index contributed by atoms with van der Waals surface area (Å²) in [4.78, 5) is 50.6. The van der Waals surface area contributed by atoms with Crippen molar-refractivity contribution in [3.8, 4) is 5.75 Å². The molecule has 0 amide bonds. The molecular formula is C34H34F2N7O11PS. The Bertz CT molecular complexity index is 2370. The van der Waals surface area contributed by atoms with Gasteiger partial charge in [0.25, 0.3) is 5.56 Å². The molecule has 0 bridgehead atoms. The van der Waals surface area contributed by atoms with Crippen molar-refractivity contribution in [1.82, 2.24) is 29.1 Å². The second-order valence-corrected chi connectivity index (χ2v) is 16.8. The molecule has 56 heavy (non-hydrogen) atoms. The van der Waals surface area contributed by atoms with E-state index >= 15 is 8.78 Å². The van der Waals surface area contributed by atoms with Gasteiger partial charge in [-0.2, -0.15) is 0 Å². The van der Waals surface area contributed by atoms with Crippen LogP contribution in [0.25, 0.3) is 11.2 Å². The first kappa shape index (κ1) is 39.4. The Morgan fingerprint density at radius 1 is 1.00 bits per heavy atom. The number of esters is 1. The van der Waals surface area contributed by atoms with E-state index in [1.807, 2.05) is 11.9 Å². The number of rotatable bonds is 13. The highest BCUT2D eigenvalue weighted by Gasteiger charge is 2.52. The summed E-state index contributed by atoms with van der Waals surface area (Å²) in [5, 5.41) is 20.9. The first-order valence-corrected chi connectivity index (χ1v) is 20.0. The molecule has 0 radical (unpaired) electrons. The highest BCUT2D eigenvalue weighted by molar-refractivity contribution is 8.54. The molecule has 3 unspecified atom stereocenters. The second kappa shape index (κ2) is 16.3. The van der Waals surface area contributed by atoms with Gasteiger partial charge in [0.15, 0.2) is 36.3 Å². The zero-order valence-electron chi connectivity index (χ0n) is 29.2. The number of halogens is 2. The zero-order valence-corrected chi connectivity index (χ0v) is 30.9. The number of aromatic nitrogens is 6. The minimum absolute atomic E-state index is 0.0338. The summed E-state index contributed by atoms with van der Waals surface area (Å²) in [5.74, 6) is -0.413. The number of hydrogen-bond donors (Lipinski definition) is 4. The molecule has 2 aromatic carbocycles. The maximum Gasteiger partial charge on any atom is 0.389 e. The van der Waals surface area contributed by atoms with Crippen molar-refractivity contribution in [1.29, 1.82) is 0 Å². The van der Waals surface area contributed by atoms with Crippen molar-refractivity contribution >= 4 is 41.1 Å². The molecule has 22 heteroatoms. The van der Waals surface area contributed by atoms with Crippen LogP contribution in [0.4, 0.5) is 14.6 Å². The molecular weight excluding hydrogens is 783 g/mol. The van der Waals surface area contributed by atoms with E-state index in [4.69, 9.17) is 29.0 Å². The van der Waals surface area contributed by atoms with Crippen molar-refractivity contribution < 1.29 is 51.6 Å². The lowest BCUT2D eigenvalue weighted by Gasteiger charge is -2.26. The second-order valence-electron chi connectivity index (χ2n) is 12.8. The number of carbonyl (C=O) groups excluding carboxylic acids is 1. The number of aromatic amines is 1. The molecule has 2 saturated heterocycles. The lowest BCUT2D eigenvalue weighted by Crippen LogP contribution is -2.36. The number of ether oxygens (including phenoxy) is 3. The van der Waals surface area contributed by atoms with Gasteiger partial charge in [-0.15, -0.1) is 0 Å².